The number of benzene rings is 1. The molecule has 1 unspecified atom stereocenters. The molecule has 1 heterocycles. The standard InChI is InChI=1S/C13H14BrFO4/c14-11-9(13(16)17)4-5-10(12(11)15)19-7-8-3-1-2-6-18-8/h4-5,8H,1-3,6-7H2,(H,16,17). The van der Waals surface area contributed by atoms with Gasteiger partial charge >= 0.3 is 5.97 Å². The zero-order chi connectivity index (χ0) is 13.8. The van der Waals surface area contributed by atoms with Crippen molar-refractivity contribution in [1.82, 2.24) is 0 Å². The van der Waals surface area contributed by atoms with Crippen LogP contribution in [0.5, 0.6) is 5.75 Å². The summed E-state index contributed by atoms with van der Waals surface area (Å²) in [5.41, 5.74) is -0.126. The predicted molar refractivity (Wildman–Crippen MR) is 70.1 cm³/mol. The van der Waals surface area contributed by atoms with Gasteiger partial charge in [0.15, 0.2) is 11.6 Å². The molecule has 1 aliphatic rings. The number of carboxylic acid groups (broad SMARTS) is 1. The van der Waals surface area contributed by atoms with Crippen LogP contribution in [-0.4, -0.2) is 30.4 Å². The van der Waals surface area contributed by atoms with Crippen LogP contribution in [0.3, 0.4) is 0 Å². The van der Waals surface area contributed by atoms with Gasteiger partial charge in [-0.05, 0) is 47.3 Å². The maximum Gasteiger partial charge on any atom is 0.336 e. The van der Waals surface area contributed by atoms with Gasteiger partial charge in [-0.1, -0.05) is 0 Å². The summed E-state index contributed by atoms with van der Waals surface area (Å²) in [6, 6.07) is 2.64. The highest BCUT2D eigenvalue weighted by Gasteiger charge is 2.19. The first-order chi connectivity index (χ1) is 9.09. The van der Waals surface area contributed by atoms with Crippen LogP contribution in [0.2, 0.25) is 0 Å². The summed E-state index contributed by atoms with van der Waals surface area (Å²) in [6.45, 7) is 0.980. The van der Waals surface area contributed by atoms with Crippen LogP contribution in [0.15, 0.2) is 16.6 Å². The average Bonchev–Trinajstić information content (AvgIpc) is 2.41. The molecule has 2 rings (SSSR count). The highest BCUT2D eigenvalue weighted by atomic mass is 79.9. The van der Waals surface area contributed by atoms with Crippen molar-refractivity contribution in [2.45, 2.75) is 25.4 Å². The highest BCUT2D eigenvalue weighted by molar-refractivity contribution is 9.10. The number of halogens is 2. The van der Waals surface area contributed by atoms with E-state index in [1.807, 2.05) is 0 Å². The average molecular weight is 333 g/mol. The van der Waals surface area contributed by atoms with E-state index in [1.54, 1.807) is 0 Å². The fourth-order valence-corrected chi connectivity index (χ4v) is 2.43. The monoisotopic (exact) mass is 332 g/mol. The molecule has 1 aromatic rings. The molecule has 0 aliphatic carbocycles. The zero-order valence-corrected chi connectivity index (χ0v) is 11.8. The van der Waals surface area contributed by atoms with Crippen molar-refractivity contribution in [1.29, 1.82) is 0 Å². The van der Waals surface area contributed by atoms with Crippen molar-refractivity contribution in [2.24, 2.45) is 0 Å². The zero-order valence-electron chi connectivity index (χ0n) is 10.2. The molecule has 0 spiro atoms. The molecule has 1 fully saturated rings. The summed E-state index contributed by atoms with van der Waals surface area (Å²) in [6.07, 6.45) is 3.00. The largest absolute Gasteiger partial charge is 0.488 e. The fraction of sp³-hybridized carbons (Fsp3) is 0.462. The minimum Gasteiger partial charge on any atom is -0.488 e. The van der Waals surface area contributed by atoms with Gasteiger partial charge in [-0.25, -0.2) is 9.18 Å². The summed E-state index contributed by atoms with van der Waals surface area (Å²) >= 11 is 2.93. The molecule has 6 heteroatoms. The SMILES string of the molecule is O=C(O)c1ccc(OCC2CCCCO2)c(F)c1Br. The minimum absolute atomic E-state index is 0.0222. The summed E-state index contributed by atoms with van der Waals surface area (Å²) in [5.74, 6) is -1.85. The molecule has 1 aliphatic heterocycles. The van der Waals surface area contributed by atoms with Gasteiger partial charge in [-0.2, -0.15) is 0 Å². The van der Waals surface area contributed by atoms with E-state index in [4.69, 9.17) is 14.6 Å². The Morgan fingerprint density at radius 2 is 2.32 bits per heavy atom. The Balaban J connectivity index is 2.04. The fourth-order valence-electron chi connectivity index (χ4n) is 1.93. The van der Waals surface area contributed by atoms with E-state index in [-0.39, 0.29) is 28.5 Å². The van der Waals surface area contributed by atoms with E-state index in [2.05, 4.69) is 15.9 Å². The first kappa shape index (κ1) is 14.3. The van der Waals surface area contributed by atoms with E-state index in [9.17, 15) is 9.18 Å². The first-order valence-electron chi connectivity index (χ1n) is 6.05. The van der Waals surface area contributed by atoms with Gasteiger partial charge in [0.1, 0.15) is 6.61 Å². The van der Waals surface area contributed by atoms with E-state index < -0.39 is 11.8 Å². The Bertz CT molecular complexity index is 472. The number of rotatable bonds is 4. The molecular formula is C13H14BrFO4. The van der Waals surface area contributed by atoms with Gasteiger partial charge < -0.3 is 14.6 Å². The van der Waals surface area contributed by atoms with E-state index in [0.717, 1.165) is 19.3 Å². The van der Waals surface area contributed by atoms with Gasteiger partial charge in [-0.3, -0.25) is 0 Å². The molecular weight excluding hydrogens is 319 g/mol. The maximum absolute atomic E-state index is 13.9. The Morgan fingerprint density at radius 3 is 2.95 bits per heavy atom. The van der Waals surface area contributed by atoms with Crippen LogP contribution >= 0.6 is 15.9 Å². The maximum atomic E-state index is 13.9. The van der Waals surface area contributed by atoms with Gasteiger partial charge in [-0.15, -0.1) is 0 Å². The van der Waals surface area contributed by atoms with Crippen LogP contribution in [-0.2, 0) is 4.74 Å². The minimum atomic E-state index is -1.19. The number of aromatic carboxylic acids is 1. The van der Waals surface area contributed by atoms with Crippen molar-refractivity contribution in [3.05, 3.63) is 28.0 Å². The van der Waals surface area contributed by atoms with Crippen LogP contribution < -0.4 is 4.74 Å². The van der Waals surface area contributed by atoms with Gasteiger partial charge in [0.25, 0.3) is 0 Å². The van der Waals surface area contributed by atoms with E-state index >= 15 is 0 Å². The number of hydrogen-bond donors (Lipinski definition) is 1. The van der Waals surface area contributed by atoms with Crippen molar-refractivity contribution in [3.63, 3.8) is 0 Å². The third-order valence-corrected chi connectivity index (χ3v) is 3.75. The second-order valence-electron chi connectivity index (χ2n) is 4.34. The lowest BCUT2D eigenvalue weighted by atomic mass is 10.1. The lowest BCUT2D eigenvalue weighted by Crippen LogP contribution is -2.26. The molecule has 1 N–H and O–H groups in total. The second-order valence-corrected chi connectivity index (χ2v) is 5.14. The molecule has 1 aromatic carbocycles. The molecule has 0 bridgehead atoms. The van der Waals surface area contributed by atoms with E-state index in [1.165, 1.54) is 12.1 Å². The van der Waals surface area contributed by atoms with Crippen LogP contribution in [0.4, 0.5) is 4.39 Å². The summed E-state index contributed by atoms with van der Waals surface area (Å²) in [4.78, 5) is 10.8. The van der Waals surface area contributed by atoms with Crippen LogP contribution in [0.25, 0.3) is 0 Å². The Hall–Kier alpha value is -1.14. The molecule has 1 saturated heterocycles. The molecule has 19 heavy (non-hydrogen) atoms. The number of carboxylic acids is 1. The van der Waals surface area contributed by atoms with Crippen molar-refractivity contribution < 1.29 is 23.8 Å². The molecule has 4 nitrogen and oxygen atoms in total. The Kier molecular flexibility index (Phi) is 4.76. The first-order valence-corrected chi connectivity index (χ1v) is 6.84. The Morgan fingerprint density at radius 1 is 1.53 bits per heavy atom. The summed E-state index contributed by atoms with van der Waals surface area (Å²) in [7, 11) is 0. The molecule has 1 atom stereocenters. The molecule has 0 saturated carbocycles. The normalized spacial score (nSPS) is 19.2. The smallest absolute Gasteiger partial charge is 0.336 e. The van der Waals surface area contributed by atoms with Crippen molar-refractivity contribution in [2.75, 3.05) is 13.2 Å². The summed E-state index contributed by atoms with van der Waals surface area (Å²) < 4.78 is 24.7. The number of carbonyl (C=O) groups is 1. The third-order valence-electron chi connectivity index (χ3n) is 2.98. The van der Waals surface area contributed by atoms with E-state index in [0.29, 0.717) is 6.61 Å². The number of ether oxygens (including phenoxy) is 2. The second kappa shape index (κ2) is 6.34. The third kappa shape index (κ3) is 3.45. The van der Waals surface area contributed by atoms with Crippen molar-refractivity contribution in [3.8, 4) is 5.75 Å². The van der Waals surface area contributed by atoms with Crippen LogP contribution in [0.1, 0.15) is 29.6 Å². The van der Waals surface area contributed by atoms with Gasteiger partial charge in [0, 0.05) is 6.61 Å². The highest BCUT2D eigenvalue weighted by Crippen LogP contribution is 2.29. The summed E-state index contributed by atoms with van der Waals surface area (Å²) in [5, 5.41) is 8.86. The molecule has 104 valence electrons. The van der Waals surface area contributed by atoms with Gasteiger partial charge in [0.05, 0.1) is 16.1 Å². The van der Waals surface area contributed by atoms with Crippen molar-refractivity contribution >= 4 is 21.9 Å². The topological polar surface area (TPSA) is 55.8 Å². The van der Waals surface area contributed by atoms with Gasteiger partial charge in [0.2, 0.25) is 0 Å². The Labute approximate surface area is 118 Å². The van der Waals surface area contributed by atoms with Crippen LogP contribution in [0, 0.1) is 5.82 Å². The lowest BCUT2D eigenvalue weighted by molar-refractivity contribution is -0.0117. The quantitative estimate of drug-likeness (QED) is 0.919. The predicted octanol–water partition coefficient (Wildman–Crippen LogP) is 3.23. The molecule has 0 amide bonds. The lowest BCUT2D eigenvalue weighted by Gasteiger charge is -2.22. The molecule has 0 aromatic heterocycles. The molecule has 0 radical (unpaired) electrons. The number of hydrogen-bond acceptors (Lipinski definition) is 3.